The van der Waals surface area contributed by atoms with Crippen molar-refractivity contribution in [3.63, 3.8) is 0 Å². The van der Waals surface area contributed by atoms with Crippen LogP contribution < -0.4 is 14.8 Å². The van der Waals surface area contributed by atoms with Gasteiger partial charge in [-0.2, -0.15) is 0 Å². The number of halogens is 1. The summed E-state index contributed by atoms with van der Waals surface area (Å²) in [5, 5.41) is 3.39. The van der Waals surface area contributed by atoms with E-state index in [0.29, 0.717) is 35.1 Å². The molecule has 1 amide bonds. The predicted octanol–water partition coefficient (Wildman–Crippen LogP) is 3.93. The highest BCUT2D eigenvalue weighted by Crippen LogP contribution is 2.26. The van der Waals surface area contributed by atoms with Gasteiger partial charge in [-0.05, 0) is 36.2 Å². The van der Waals surface area contributed by atoms with Crippen molar-refractivity contribution in [3.05, 3.63) is 53.1 Å². The largest absolute Gasteiger partial charge is 0.495 e. The third-order valence-corrected chi connectivity index (χ3v) is 3.53. The maximum atomic E-state index is 12.0. The van der Waals surface area contributed by atoms with E-state index >= 15 is 0 Å². The zero-order chi connectivity index (χ0) is 15.9. The first-order valence-electron chi connectivity index (χ1n) is 6.89. The number of benzene rings is 2. The fourth-order valence-electron chi connectivity index (χ4n) is 2.08. The lowest BCUT2D eigenvalue weighted by atomic mass is 10.1. The Morgan fingerprint density at radius 3 is 2.50 bits per heavy atom. The Morgan fingerprint density at radius 2 is 1.82 bits per heavy atom. The van der Waals surface area contributed by atoms with Crippen molar-refractivity contribution < 1.29 is 14.3 Å². The van der Waals surface area contributed by atoms with E-state index < -0.39 is 0 Å². The smallest absolute Gasteiger partial charge is 0.224 e. The van der Waals surface area contributed by atoms with Gasteiger partial charge in [0.05, 0.1) is 24.9 Å². The Labute approximate surface area is 135 Å². The second-order valence-corrected chi connectivity index (χ2v) is 5.12. The van der Waals surface area contributed by atoms with E-state index in [2.05, 4.69) is 5.32 Å². The summed E-state index contributed by atoms with van der Waals surface area (Å²) in [6, 6.07) is 12.8. The molecule has 1 N–H and O–H groups in total. The van der Waals surface area contributed by atoms with Gasteiger partial charge in [-0.15, -0.1) is 0 Å². The van der Waals surface area contributed by atoms with Crippen LogP contribution in [-0.4, -0.2) is 20.1 Å². The van der Waals surface area contributed by atoms with Crippen LogP contribution in [0.15, 0.2) is 42.5 Å². The lowest BCUT2D eigenvalue weighted by Gasteiger charge is -2.10. The third kappa shape index (κ3) is 4.15. The Balaban J connectivity index is 1.94. The van der Waals surface area contributed by atoms with Gasteiger partial charge in [0, 0.05) is 6.42 Å². The molecule has 0 saturated carbocycles. The second kappa shape index (κ2) is 7.71. The van der Waals surface area contributed by atoms with Gasteiger partial charge in [0.1, 0.15) is 11.5 Å². The molecule has 2 aromatic carbocycles. The van der Waals surface area contributed by atoms with Gasteiger partial charge in [-0.3, -0.25) is 4.79 Å². The molecule has 0 heterocycles. The molecule has 2 rings (SSSR count). The third-order valence-electron chi connectivity index (χ3n) is 3.24. The molecule has 4 nitrogen and oxygen atoms in total. The van der Waals surface area contributed by atoms with Crippen LogP contribution in [0.4, 0.5) is 5.69 Å². The molecule has 116 valence electrons. The Morgan fingerprint density at radius 1 is 1.09 bits per heavy atom. The van der Waals surface area contributed by atoms with E-state index in [4.69, 9.17) is 21.1 Å². The zero-order valence-electron chi connectivity index (χ0n) is 12.6. The fraction of sp³-hybridized carbons (Fsp3) is 0.235. The summed E-state index contributed by atoms with van der Waals surface area (Å²) in [6.07, 6.45) is 0.964. The zero-order valence-corrected chi connectivity index (χ0v) is 13.3. The van der Waals surface area contributed by atoms with Gasteiger partial charge < -0.3 is 14.8 Å². The molecule has 0 saturated heterocycles. The molecular weight excluding hydrogens is 302 g/mol. The number of aryl methyl sites for hydroxylation is 1. The first-order chi connectivity index (χ1) is 10.6. The molecule has 2 aromatic rings. The Hall–Kier alpha value is -2.20. The minimum absolute atomic E-state index is 0.0727. The predicted molar refractivity (Wildman–Crippen MR) is 87.9 cm³/mol. The molecule has 0 radical (unpaired) electrons. The quantitative estimate of drug-likeness (QED) is 0.877. The van der Waals surface area contributed by atoms with Gasteiger partial charge in [0.15, 0.2) is 0 Å². The molecular formula is C17H18ClNO3. The number of carbonyl (C=O) groups excluding carboxylic acids is 1. The monoisotopic (exact) mass is 319 g/mol. The average Bonchev–Trinajstić information content (AvgIpc) is 2.53. The summed E-state index contributed by atoms with van der Waals surface area (Å²) in [4.78, 5) is 12.0. The number of methoxy groups -OCH3 is 2. The summed E-state index contributed by atoms with van der Waals surface area (Å²) in [6.45, 7) is 0. The van der Waals surface area contributed by atoms with Crippen LogP contribution in [0.2, 0.25) is 5.02 Å². The average molecular weight is 320 g/mol. The van der Waals surface area contributed by atoms with Crippen molar-refractivity contribution in [3.8, 4) is 11.5 Å². The molecule has 0 fully saturated rings. The number of nitrogens with one attached hydrogen (secondary N) is 1. The minimum Gasteiger partial charge on any atom is -0.495 e. The van der Waals surface area contributed by atoms with Crippen molar-refractivity contribution in [1.82, 2.24) is 0 Å². The number of ether oxygens (including phenoxy) is 2. The lowest BCUT2D eigenvalue weighted by molar-refractivity contribution is -0.116. The van der Waals surface area contributed by atoms with Gasteiger partial charge in [0.25, 0.3) is 0 Å². The first kappa shape index (κ1) is 16.2. The number of carbonyl (C=O) groups is 1. The van der Waals surface area contributed by atoms with Crippen molar-refractivity contribution >= 4 is 23.2 Å². The maximum Gasteiger partial charge on any atom is 0.224 e. The fourth-order valence-corrected chi connectivity index (χ4v) is 2.36. The number of rotatable bonds is 6. The van der Waals surface area contributed by atoms with Crippen LogP contribution in [0, 0.1) is 0 Å². The highest BCUT2D eigenvalue weighted by molar-refractivity contribution is 6.32. The van der Waals surface area contributed by atoms with Crippen LogP contribution in [0.1, 0.15) is 12.0 Å². The van der Waals surface area contributed by atoms with Crippen molar-refractivity contribution in [1.29, 1.82) is 0 Å². The summed E-state index contributed by atoms with van der Waals surface area (Å²) in [5.74, 6) is 1.20. The maximum absolute atomic E-state index is 12.0. The molecule has 22 heavy (non-hydrogen) atoms. The van der Waals surface area contributed by atoms with Crippen LogP contribution in [0.3, 0.4) is 0 Å². The standard InChI is InChI=1S/C17H18ClNO3/c1-21-15-9-7-12(11-13(15)18)8-10-17(20)19-14-5-3-4-6-16(14)22-2/h3-7,9,11H,8,10H2,1-2H3,(H,19,20). The van der Waals surface area contributed by atoms with E-state index in [-0.39, 0.29) is 5.91 Å². The van der Waals surface area contributed by atoms with Gasteiger partial charge in [-0.1, -0.05) is 29.8 Å². The minimum atomic E-state index is -0.0727. The molecule has 0 spiro atoms. The molecule has 0 aliphatic heterocycles. The summed E-state index contributed by atoms with van der Waals surface area (Å²) < 4.78 is 10.3. The van der Waals surface area contributed by atoms with Gasteiger partial charge in [-0.25, -0.2) is 0 Å². The number of hydrogen-bond donors (Lipinski definition) is 1. The molecule has 0 aromatic heterocycles. The van der Waals surface area contributed by atoms with Crippen molar-refractivity contribution in [2.75, 3.05) is 19.5 Å². The summed E-state index contributed by atoms with van der Waals surface area (Å²) in [5.41, 5.74) is 1.66. The van der Waals surface area contributed by atoms with Crippen LogP contribution >= 0.6 is 11.6 Å². The highest BCUT2D eigenvalue weighted by Gasteiger charge is 2.08. The topological polar surface area (TPSA) is 47.6 Å². The van der Waals surface area contributed by atoms with E-state index in [1.165, 1.54) is 0 Å². The van der Waals surface area contributed by atoms with E-state index in [9.17, 15) is 4.79 Å². The molecule has 0 unspecified atom stereocenters. The van der Waals surface area contributed by atoms with Crippen LogP contribution in [-0.2, 0) is 11.2 Å². The first-order valence-corrected chi connectivity index (χ1v) is 7.27. The number of para-hydroxylation sites is 2. The number of anilines is 1. The van der Waals surface area contributed by atoms with Gasteiger partial charge >= 0.3 is 0 Å². The molecule has 0 bridgehead atoms. The van der Waals surface area contributed by atoms with Crippen LogP contribution in [0.5, 0.6) is 11.5 Å². The summed E-state index contributed by atoms with van der Waals surface area (Å²) >= 11 is 6.07. The number of hydrogen-bond acceptors (Lipinski definition) is 3. The lowest BCUT2D eigenvalue weighted by Crippen LogP contribution is -2.13. The molecule has 0 aliphatic carbocycles. The number of amides is 1. The molecule has 0 aliphatic rings. The van der Waals surface area contributed by atoms with Gasteiger partial charge in [0.2, 0.25) is 5.91 Å². The highest BCUT2D eigenvalue weighted by atomic mass is 35.5. The van der Waals surface area contributed by atoms with Crippen molar-refractivity contribution in [2.45, 2.75) is 12.8 Å². The molecule has 5 heteroatoms. The Kier molecular flexibility index (Phi) is 5.67. The van der Waals surface area contributed by atoms with Crippen molar-refractivity contribution in [2.24, 2.45) is 0 Å². The second-order valence-electron chi connectivity index (χ2n) is 4.72. The van der Waals surface area contributed by atoms with E-state index in [1.54, 1.807) is 32.4 Å². The molecule has 0 atom stereocenters. The SMILES string of the molecule is COc1ccc(CCC(=O)Nc2ccccc2OC)cc1Cl. The van der Waals surface area contributed by atoms with E-state index in [0.717, 1.165) is 5.56 Å². The Bertz CT molecular complexity index is 658. The van der Waals surface area contributed by atoms with E-state index in [1.807, 2.05) is 24.3 Å². The van der Waals surface area contributed by atoms with Crippen LogP contribution in [0.25, 0.3) is 0 Å². The normalized spacial score (nSPS) is 10.1. The summed E-state index contributed by atoms with van der Waals surface area (Å²) in [7, 11) is 3.14.